The van der Waals surface area contributed by atoms with Crippen LogP contribution in [0.15, 0.2) is 128 Å². The monoisotopic (exact) mass is 518 g/mol. The number of phenolic OH excluding ortho intramolecular Hbond substituents is 1. The normalized spacial score (nSPS) is 11.6. The van der Waals surface area contributed by atoms with Crippen molar-refractivity contribution in [3.05, 3.63) is 134 Å². The van der Waals surface area contributed by atoms with E-state index in [4.69, 9.17) is 9.72 Å². The van der Waals surface area contributed by atoms with Crippen LogP contribution in [0.3, 0.4) is 0 Å². The molecule has 0 radical (unpaired) electrons. The Morgan fingerprint density at radius 3 is 2.38 bits per heavy atom. The van der Waals surface area contributed by atoms with E-state index in [1.54, 1.807) is 6.07 Å². The van der Waals surface area contributed by atoms with Crippen LogP contribution in [-0.4, -0.2) is 19.1 Å². The number of hydrogen-bond acceptors (Lipinski definition) is 3. The molecule has 40 heavy (non-hydrogen) atoms. The second kappa shape index (κ2) is 8.71. The van der Waals surface area contributed by atoms with Gasteiger partial charge in [0.15, 0.2) is 5.65 Å². The summed E-state index contributed by atoms with van der Waals surface area (Å²) in [6.45, 7) is 0. The van der Waals surface area contributed by atoms with Gasteiger partial charge in [-0.05, 0) is 47.9 Å². The van der Waals surface area contributed by atoms with E-state index in [0.717, 1.165) is 38.7 Å². The van der Waals surface area contributed by atoms with Gasteiger partial charge in [-0.25, -0.2) is 0 Å². The second-order valence-corrected chi connectivity index (χ2v) is 9.68. The van der Waals surface area contributed by atoms with Gasteiger partial charge < -0.3 is 9.84 Å². The van der Waals surface area contributed by atoms with Crippen molar-refractivity contribution >= 4 is 38.4 Å². The molecule has 8 rings (SSSR count). The molecule has 0 spiro atoms. The van der Waals surface area contributed by atoms with Gasteiger partial charge in [0.25, 0.3) is 6.33 Å². The zero-order chi connectivity index (χ0) is 26.6. The molecule has 0 fully saturated rings. The molecule has 190 valence electrons. The molecule has 5 aromatic carbocycles. The first-order chi connectivity index (χ1) is 19.7. The van der Waals surface area contributed by atoms with Gasteiger partial charge in [0.2, 0.25) is 5.88 Å². The highest BCUT2D eigenvalue weighted by Gasteiger charge is 2.16. The van der Waals surface area contributed by atoms with Gasteiger partial charge in [0.1, 0.15) is 11.5 Å². The minimum atomic E-state index is 0.189. The van der Waals surface area contributed by atoms with Crippen LogP contribution in [0.5, 0.6) is 17.4 Å². The van der Waals surface area contributed by atoms with Crippen LogP contribution in [0, 0.1) is 6.33 Å². The average molecular weight is 519 g/mol. The molecule has 0 aliphatic carbocycles. The second-order valence-electron chi connectivity index (χ2n) is 9.68. The van der Waals surface area contributed by atoms with E-state index in [1.807, 2.05) is 100 Å². The SMILES string of the molecule is Oc1cccc2c3ccccc3n3cc(Oc4cccc(-n5[c-][n+](-c6ccccc6)c6ccccc65)c4)nc3c12. The van der Waals surface area contributed by atoms with E-state index in [-0.39, 0.29) is 5.75 Å². The van der Waals surface area contributed by atoms with Gasteiger partial charge >= 0.3 is 0 Å². The summed E-state index contributed by atoms with van der Waals surface area (Å²) in [5.41, 5.74) is 5.68. The van der Waals surface area contributed by atoms with Gasteiger partial charge in [-0.2, -0.15) is 4.98 Å². The Kier molecular flexibility index (Phi) is 4.87. The molecule has 0 atom stereocenters. The number of benzene rings is 5. The molecule has 0 saturated heterocycles. The quantitative estimate of drug-likeness (QED) is 0.153. The Bertz CT molecular complexity index is 2210. The predicted octanol–water partition coefficient (Wildman–Crippen LogP) is 7.16. The molecule has 6 heteroatoms. The number of ether oxygens (including phenoxy) is 1. The lowest BCUT2D eigenvalue weighted by Crippen LogP contribution is -2.29. The molecule has 6 nitrogen and oxygen atoms in total. The van der Waals surface area contributed by atoms with Crippen molar-refractivity contribution in [2.45, 2.75) is 0 Å². The van der Waals surface area contributed by atoms with E-state index < -0.39 is 0 Å². The van der Waals surface area contributed by atoms with Crippen LogP contribution >= 0.6 is 0 Å². The summed E-state index contributed by atoms with van der Waals surface area (Å²) in [4.78, 5) is 4.81. The van der Waals surface area contributed by atoms with Crippen molar-refractivity contribution in [1.29, 1.82) is 0 Å². The standard InChI is InChI=1S/C34H22N4O2/c39-31-19-9-15-27-26-14-4-5-16-28(26)36-21-32(35-34(36)33(27)31)40-25-13-8-12-24(20-25)38-22-37(23-10-2-1-3-11-23)29-17-6-7-18-30(29)38/h1-21,39H. The molecular weight excluding hydrogens is 496 g/mol. The van der Waals surface area contributed by atoms with E-state index in [2.05, 4.69) is 41.2 Å². The molecule has 0 aliphatic rings. The summed E-state index contributed by atoms with van der Waals surface area (Å²) >= 11 is 0. The van der Waals surface area contributed by atoms with Crippen molar-refractivity contribution in [2.24, 2.45) is 0 Å². The van der Waals surface area contributed by atoms with Gasteiger partial charge in [0.05, 0.1) is 39.5 Å². The van der Waals surface area contributed by atoms with E-state index in [9.17, 15) is 5.11 Å². The number of aromatic hydroxyl groups is 1. The minimum absolute atomic E-state index is 0.189. The van der Waals surface area contributed by atoms with E-state index in [1.165, 1.54) is 0 Å². The first-order valence-corrected chi connectivity index (χ1v) is 13.0. The van der Waals surface area contributed by atoms with Crippen molar-refractivity contribution in [2.75, 3.05) is 0 Å². The molecule has 3 aromatic heterocycles. The fraction of sp³-hybridized carbons (Fsp3) is 0. The third-order valence-corrected chi connectivity index (χ3v) is 7.28. The lowest BCUT2D eigenvalue weighted by Gasteiger charge is -2.08. The fourth-order valence-corrected chi connectivity index (χ4v) is 5.51. The Balaban J connectivity index is 1.24. The first-order valence-electron chi connectivity index (χ1n) is 13.0. The molecule has 3 heterocycles. The highest BCUT2D eigenvalue weighted by Crippen LogP contribution is 2.36. The van der Waals surface area contributed by atoms with Crippen molar-refractivity contribution < 1.29 is 14.4 Å². The third kappa shape index (κ3) is 3.43. The van der Waals surface area contributed by atoms with E-state index >= 15 is 0 Å². The maximum atomic E-state index is 10.8. The Morgan fingerprint density at radius 2 is 1.48 bits per heavy atom. The Hall–Kier alpha value is -5.62. The third-order valence-electron chi connectivity index (χ3n) is 7.28. The summed E-state index contributed by atoms with van der Waals surface area (Å²) in [5.74, 6) is 1.28. The predicted molar refractivity (Wildman–Crippen MR) is 156 cm³/mol. The van der Waals surface area contributed by atoms with Crippen molar-refractivity contribution in [3.63, 3.8) is 0 Å². The molecule has 0 aliphatic heterocycles. The lowest BCUT2D eigenvalue weighted by molar-refractivity contribution is -0.572. The molecule has 0 amide bonds. The summed E-state index contributed by atoms with van der Waals surface area (Å²) in [6.07, 6.45) is 5.38. The summed E-state index contributed by atoms with van der Waals surface area (Å²) in [5, 5.41) is 13.4. The number of hydrogen-bond donors (Lipinski definition) is 1. The highest BCUT2D eigenvalue weighted by molar-refractivity contribution is 6.14. The van der Waals surface area contributed by atoms with Gasteiger partial charge in [-0.3, -0.25) is 13.5 Å². The maximum absolute atomic E-state index is 10.8. The number of phenols is 1. The zero-order valence-electron chi connectivity index (χ0n) is 21.3. The van der Waals surface area contributed by atoms with Crippen molar-refractivity contribution in [3.8, 4) is 28.8 Å². The molecule has 0 bridgehead atoms. The fourth-order valence-electron chi connectivity index (χ4n) is 5.51. The topological polar surface area (TPSA) is 55.6 Å². The van der Waals surface area contributed by atoms with Crippen LogP contribution in [0.4, 0.5) is 0 Å². The van der Waals surface area contributed by atoms with Gasteiger partial charge in [0, 0.05) is 5.39 Å². The Labute approximate surface area is 229 Å². The van der Waals surface area contributed by atoms with Crippen LogP contribution in [0.1, 0.15) is 0 Å². The van der Waals surface area contributed by atoms with Crippen LogP contribution < -0.4 is 9.30 Å². The number of para-hydroxylation sites is 4. The first kappa shape index (κ1) is 22.4. The largest absolute Gasteiger partial charge is 0.507 e. The van der Waals surface area contributed by atoms with Gasteiger partial charge in [-0.15, -0.1) is 0 Å². The molecule has 0 saturated carbocycles. The zero-order valence-corrected chi connectivity index (χ0v) is 21.3. The molecule has 8 aromatic rings. The molecular formula is C34H22N4O2. The number of rotatable bonds is 4. The number of fused-ring (bicyclic) bond motifs is 7. The number of imidazole rings is 2. The summed E-state index contributed by atoms with van der Waals surface area (Å²) in [7, 11) is 0. The van der Waals surface area contributed by atoms with Crippen molar-refractivity contribution in [1.82, 2.24) is 14.0 Å². The van der Waals surface area contributed by atoms with Crippen LogP contribution in [0.2, 0.25) is 0 Å². The number of aromatic nitrogens is 4. The van der Waals surface area contributed by atoms with Crippen LogP contribution in [0.25, 0.3) is 49.7 Å². The van der Waals surface area contributed by atoms with Gasteiger partial charge in [-0.1, -0.05) is 78.9 Å². The van der Waals surface area contributed by atoms with E-state index in [0.29, 0.717) is 22.7 Å². The average Bonchev–Trinajstić information content (AvgIpc) is 3.60. The molecule has 1 N–H and O–H groups in total. The lowest BCUT2D eigenvalue weighted by atomic mass is 10.1. The smallest absolute Gasteiger partial charge is 0.269 e. The maximum Gasteiger partial charge on any atom is 0.269 e. The minimum Gasteiger partial charge on any atom is -0.507 e. The Morgan fingerprint density at radius 1 is 0.725 bits per heavy atom. The van der Waals surface area contributed by atoms with Crippen LogP contribution in [-0.2, 0) is 0 Å². The number of nitrogens with zero attached hydrogens (tertiary/aromatic N) is 4. The highest BCUT2D eigenvalue weighted by atomic mass is 16.5. The summed E-state index contributed by atoms with van der Waals surface area (Å²) < 4.78 is 12.4. The molecule has 0 unspecified atom stereocenters. The number of pyridine rings is 1. The summed E-state index contributed by atoms with van der Waals surface area (Å²) in [6, 6.07) is 40.0.